The van der Waals surface area contributed by atoms with Crippen LogP contribution in [0.3, 0.4) is 0 Å². The summed E-state index contributed by atoms with van der Waals surface area (Å²) in [4.78, 5) is 35.1. The van der Waals surface area contributed by atoms with Gasteiger partial charge in [-0.2, -0.15) is 0 Å². The third-order valence-electron chi connectivity index (χ3n) is 6.96. The zero-order chi connectivity index (χ0) is 26.9. The van der Waals surface area contributed by atoms with E-state index in [0.717, 1.165) is 60.7 Å². The van der Waals surface area contributed by atoms with Crippen molar-refractivity contribution in [1.29, 1.82) is 0 Å². The number of amides is 1. The molecule has 8 heteroatoms. The van der Waals surface area contributed by atoms with Gasteiger partial charge >= 0.3 is 6.09 Å². The number of ketones is 1. The Labute approximate surface area is 236 Å². The first-order valence-electron chi connectivity index (χ1n) is 13.2. The summed E-state index contributed by atoms with van der Waals surface area (Å²) < 4.78 is 7.83. The van der Waals surface area contributed by atoms with Crippen LogP contribution in [0.4, 0.5) is 4.79 Å². The van der Waals surface area contributed by atoms with Crippen LogP contribution in [0.5, 0.6) is 0 Å². The summed E-state index contributed by atoms with van der Waals surface area (Å²) in [6.45, 7) is 12.8. The highest BCUT2D eigenvalue weighted by Gasteiger charge is 2.35. The van der Waals surface area contributed by atoms with Gasteiger partial charge in [-0.25, -0.2) is 9.78 Å². The van der Waals surface area contributed by atoms with Gasteiger partial charge in [0, 0.05) is 39.2 Å². The number of ether oxygens (including phenoxy) is 1. The van der Waals surface area contributed by atoms with Gasteiger partial charge in [-0.1, -0.05) is 42.6 Å². The van der Waals surface area contributed by atoms with E-state index in [0.29, 0.717) is 25.3 Å². The highest BCUT2D eigenvalue weighted by atomic mass is 79.9. The van der Waals surface area contributed by atoms with Crippen LogP contribution in [0.1, 0.15) is 88.6 Å². The molecule has 4 rings (SSSR count). The van der Waals surface area contributed by atoms with E-state index in [1.165, 1.54) is 5.56 Å². The molecule has 1 amide bonds. The molecule has 3 aromatic rings. The quantitative estimate of drug-likeness (QED) is 0.257. The zero-order valence-electron chi connectivity index (χ0n) is 22.7. The first kappa shape index (κ1) is 28.2. The van der Waals surface area contributed by atoms with Gasteiger partial charge in [-0.05, 0) is 70.2 Å². The molecule has 2 atom stereocenters. The molecule has 0 saturated heterocycles. The van der Waals surface area contributed by atoms with Crippen molar-refractivity contribution in [3.8, 4) is 10.6 Å². The van der Waals surface area contributed by atoms with Crippen LogP contribution >= 0.6 is 38.6 Å². The van der Waals surface area contributed by atoms with Crippen LogP contribution in [0, 0.1) is 5.92 Å². The van der Waals surface area contributed by atoms with E-state index >= 15 is 0 Å². The van der Waals surface area contributed by atoms with E-state index < -0.39 is 5.60 Å². The van der Waals surface area contributed by atoms with Gasteiger partial charge in [0.15, 0.2) is 0 Å². The highest BCUT2D eigenvalue weighted by molar-refractivity contribution is 9.10. The van der Waals surface area contributed by atoms with E-state index in [1.807, 2.05) is 37.8 Å². The third kappa shape index (κ3) is 6.63. The summed E-state index contributed by atoms with van der Waals surface area (Å²) in [5.41, 5.74) is 2.76. The fourth-order valence-electron chi connectivity index (χ4n) is 4.76. The average molecular weight is 606 g/mol. The molecule has 1 aromatic carbocycles. The first-order chi connectivity index (χ1) is 17.5. The van der Waals surface area contributed by atoms with Crippen molar-refractivity contribution in [1.82, 2.24) is 9.88 Å². The number of aromatic nitrogens is 1. The second kappa shape index (κ2) is 11.5. The van der Waals surface area contributed by atoms with Gasteiger partial charge in [0.1, 0.15) is 16.4 Å². The average Bonchev–Trinajstić information content (AvgIpc) is 3.38. The van der Waals surface area contributed by atoms with Gasteiger partial charge in [-0.3, -0.25) is 4.79 Å². The molecular formula is C29H37BrN2O3S2. The van der Waals surface area contributed by atoms with Gasteiger partial charge < -0.3 is 9.64 Å². The largest absolute Gasteiger partial charge is 0.444 e. The van der Waals surface area contributed by atoms with Gasteiger partial charge in [0.25, 0.3) is 0 Å². The number of hydrogen-bond donors (Lipinski definition) is 0. The van der Waals surface area contributed by atoms with Crippen LogP contribution in [0.15, 0.2) is 22.7 Å². The molecule has 200 valence electrons. The molecule has 0 N–H and O–H groups in total. The fourth-order valence-corrected chi connectivity index (χ4v) is 7.66. The Morgan fingerprint density at radius 3 is 2.73 bits per heavy atom. The van der Waals surface area contributed by atoms with Crippen molar-refractivity contribution in [2.24, 2.45) is 5.92 Å². The van der Waals surface area contributed by atoms with Crippen LogP contribution < -0.4 is 0 Å². The van der Waals surface area contributed by atoms with Gasteiger partial charge in [0.2, 0.25) is 0 Å². The number of fused-ring (bicyclic) bond motifs is 2. The predicted octanol–water partition coefficient (Wildman–Crippen LogP) is 8.97. The van der Waals surface area contributed by atoms with Crippen molar-refractivity contribution in [3.63, 3.8) is 0 Å². The third-order valence-corrected chi connectivity index (χ3v) is 9.91. The molecule has 2 aromatic heterocycles. The molecule has 1 aliphatic heterocycles. The summed E-state index contributed by atoms with van der Waals surface area (Å²) in [5.74, 6) is 0.933. The van der Waals surface area contributed by atoms with E-state index in [9.17, 15) is 9.59 Å². The molecule has 0 aliphatic carbocycles. The Kier molecular flexibility index (Phi) is 8.81. The number of nitrogens with zero attached hydrogens (tertiary/aromatic N) is 2. The van der Waals surface area contributed by atoms with Crippen molar-refractivity contribution >= 4 is 60.7 Å². The molecular weight excluding hydrogens is 568 g/mol. The second-order valence-electron chi connectivity index (χ2n) is 11.1. The Morgan fingerprint density at radius 2 is 2.03 bits per heavy atom. The van der Waals surface area contributed by atoms with Gasteiger partial charge in [-0.15, -0.1) is 22.7 Å². The molecule has 0 bridgehead atoms. The number of hydrogen-bond acceptors (Lipinski definition) is 6. The topological polar surface area (TPSA) is 59.5 Å². The fraction of sp³-hybridized carbons (Fsp3) is 0.552. The maximum absolute atomic E-state index is 13.1. The summed E-state index contributed by atoms with van der Waals surface area (Å²) in [6, 6.07) is 6.06. The summed E-state index contributed by atoms with van der Waals surface area (Å²) in [5, 5.41) is 0.964. The van der Waals surface area contributed by atoms with Crippen molar-refractivity contribution in [2.45, 2.75) is 91.7 Å². The van der Waals surface area contributed by atoms with Crippen molar-refractivity contribution < 1.29 is 14.3 Å². The lowest BCUT2D eigenvalue weighted by molar-refractivity contribution is -0.118. The Bertz CT molecular complexity index is 1290. The van der Waals surface area contributed by atoms with E-state index in [1.54, 1.807) is 22.7 Å². The molecule has 0 radical (unpaired) electrons. The van der Waals surface area contributed by atoms with Gasteiger partial charge in [0.05, 0.1) is 16.3 Å². The molecule has 1 aliphatic rings. The lowest BCUT2D eigenvalue weighted by Crippen LogP contribution is -2.41. The van der Waals surface area contributed by atoms with E-state index in [4.69, 9.17) is 9.72 Å². The molecule has 5 nitrogen and oxygen atoms in total. The van der Waals surface area contributed by atoms with E-state index in [2.05, 4.69) is 42.8 Å². The standard InChI is InChI=1S/C29H37BrN2O3S2/c1-7-17(2)9-8-10-20(33)16-24-25(27-31-22-15-19(30)11-12-23(22)37-27)21-13-14-32(18(3)26(21)36-24)28(34)35-29(4,5)6/h11-12,15,17-18H,7-10,13-14,16H2,1-6H3/t17-,18+/m0/s1. The number of thiazole rings is 1. The second-order valence-corrected chi connectivity index (χ2v) is 14.2. The number of thiophene rings is 1. The molecule has 0 saturated carbocycles. The summed E-state index contributed by atoms with van der Waals surface area (Å²) >= 11 is 6.91. The number of carbonyl (C=O) groups is 2. The Hall–Kier alpha value is -1.77. The maximum atomic E-state index is 13.1. The maximum Gasteiger partial charge on any atom is 0.410 e. The minimum absolute atomic E-state index is 0.111. The molecule has 3 heterocycles. The summed E-state index contributed by atoms with van der Waals surface area (Å²) in [6.07, 6.45) is 4.65. The molecule has 0 unspecified atom stereocenters. The summed E-state index contributed by atoms with van der Waals surface area (Å²) in [7, 11) is 0. The van der Waals surface area contributed by atoms with Crippen LogP contribution in [0.2, 0.25) is 0 Å². The van der Waals surface area contributed by atoms with Crippen LogP contribution in [-0.2, 0) is 22.4 Å². The number of rotatable bonds is 8. The highest BCUT2D eigenvalue weighted by Crippen LogP contribution is 2.46. The Morgan fingerprint density at radius 1 is 1.27 bits per heavy atom. The van der Waals surface area contributed by atoms with Crippen molar-refractivity contribution in [2.75, 3.05) is 6.54 Å². The van der Waals surface area contributed by atoms with Crippen LogP contribution in [0.25, 0.3) is 20.8 Å². The lowest BCUT2D eigenvalue weighted by Gasteiger charge is -2.35. The molecule has 0 fully saturated rings. The zero-order valence-corrected chi connectivity index (χ0v) is 25.9. The number of carbonyl (C=O) groups excluding carboxylic acids is 2. The number of halogens is 1. The normalized spacial score (nSPS) is 16.6. The smallest absolute Gasteiger partial charge is 0.410 e. The lowest BCUT2D eigenvalue weighted by atomic mass is 9.96. The SMILES string of the molecule is CC[C@H](C)CCCC(=O)Cc1sc2c(c1-c1nc3cc(Br)ccc3s1)CCN(C(=O)OC(C)(C)C)[C@@H]2C. The number of benzene rings is 1. The minimum Gasteiger partial charge on any atom is -0.444 e. The van der Waals surface area contributed by atoms with Crippen molar-refractivity contribution in [3.05, 3.63) is 38.0 Å². The molecule has 0 spiro atoms. The Balaban J connectivity index is 1.68. The van der Waals surface area contributed by atoms with E-state index in [-0.39, 0.29) is 17.9 Å². The predicted molar refractivity (Wildman–Crippen MR) is 158 cm³/mol. The molecule has 37 heavy (non-hydrogen) atoms. The minimum atomic E-state index is -0.542. The van der Waals surface area contributed by atoms with Crippen LogP contribution in [-0.4, -0.2) is 33.9 Å². The monoisotopic (exact) mass is 604 g/mol. The number of Topliss-reactive ketones (excluding diaryl/α,β-unsaturated/α-hetero) is 1. The first-order valence-corrected chi connectivity index (χ1v) is 15.6.